The van der Waals surface area contributed by atoms with E-state index < -0.39 is 0 Å². The average Bonchev–Trinajstić information content (AvgIpc) is 3.24. The number of benzene rings is 3. The predicted molar refractivity (Wildman–Crippen MR) is 107 cm³/mol. The fourth-order valence-corrected chi connectivity index (χ4v) is 4.67. The van der Waals surface area contributed by atoms with Crippen LogP contribution < -0.4 is 0 Å². The second-order valence-corrected chi connectivity index (χ2v) is 7.23. The predicted octanol–water partition coefficient (Wildman–Crippen LogP) is 6.41. The lowest BCUT2D eigenvalue weighted by molar-refractivity contribution is 0.506. The second-order valence-electron chi connectivity index (χ2n) is 7.23. The number of nitrogens with zero attached hydrogens (tertiary/aromatic N) is 1. The molecule has 0 atom stereocenters. The smallest absolute Gasteiger partial charge is 0.135 e. The molecule has 0 spiro atoms. The Kier molecular flexibility index (Phi) is 2.87. The Hall–Kier alpha value is -3.00. The van der Waals surface area contributed by atoms with Crippen molar-refractivity contribution in [1.82, 2.24) is 4.57 Å². The highest BCUT2D eigenvalue weighted by molar-refractivity contribution is 6.21. The molecule has 1 aliphatic carbocycles. The van der Waals surface area contributed by atoms with Gasteiger partial charge >= 0.3 is 0 Å². The Morgan fingerprint density at radius 2 is 1.50 bits per heavy atom. The summed E-state index contributed by atoms with van der Waals surface area (Å²) in [5, 5.41) is 3.99. The highest BCUT2D eigenvalue weighted by Gasteiger charge is 2.22. The van der Waals surface area contributed by atoms with Crippen LogP contribution in [-0.2, 0) is 12.8 Å². The zero-order valence-electron chi connectivity index (χ0n) is 14.5. The van der Waals surface area contributed by atoms with Crippen molar-refractivity contribution in [1.29, 1.82) is 0 Å². The first-order valence-corrected chi connectivity index (χ1v) is 9.43. The van der Waals surface area contributed by atoms with Gasteiger partial charge in [0.05, 0.1) is 11.0 Å². The maximum Gasteiger partial charge on any atom is 0.135 e. The van der Waals surface area contributed by atoms with Gasteiger partial charge in [0, 0.05) is 33.8 Å². The van der Waals surface area contributed by atoms with E-state index in [0.29, 0.717) is 0 Å². The molecular weight excluding hydrogens is 318 g/mol. The summed E-state index contributed by atoms with van der Waals surface area (Å²) in [5.74, 6) is 1.20. The van der Waals surface area contributed by atoms with Crippen molar-refractivity contribution in [2.75, 3.05) is 0 Å². The molecule has 0 N–H and O–H groups in total. The van der Waals surface area contributed by atoms with Crippen LogP contribution in [0, 0.1) is 0 Å². The molecule has 0 bridgehead atoms. The van der Waals surface area contributed by atoms with Crippen LogP contribution in [0.1, 0.15) is 24.2 Å². The van der Waals surface area contributed by atoms with E-state index in [4.69, 9.17) is 4.42 Å². The molecule has 2 aromatic heterocycles. The van der Waals surface area contributed by atoms with Crippen LogP contribution >= 0.6 is 0 Å². The molecule has 26 heavy (non-hydrogen) atoms. The van der Waals surface area contributed by atoms with E-state index in [1.807, 2.05) is 0 Å². The summed E-state index contributed by atoms with van der Waals surface area (Å²) in [6.07, 6.45) is 4.70. The van der Waals surface area contributed by atoms with Crippen LogP contribution in [0.2, 0.25) is 0 Å². The molecule has 2 heteroatoms. The van der Waals surface area contributed by atoms with Crippen LogP contribution in [-0.4, -0.2) is 4.57 Å². The molecule has 0 fully saturated rings. The lowest BCUT2D eigenvalue weighted by Crippen LogP contribution is -1.98. The Bertz CT molecular complexity index is 1270. The van der Waals surface area contributed by atoms with Gasteiger partial charge in [0.2, 0.25) is 0 Å². The molecule has 6 rings (SSSR count). The van der Waals surface area contributed by atoms with Gasteiger partial charge < -0.3 is 8.98 Å². The summed E-state index contributed by atoms with van der Waals surface area (Å²) < 4.78 is 8.63. The first kappa shape index (κ1) is 14.2. The monoisotopic (exact) mass is 337 g/mol. The number of rotatable bonds is 1. The number of hydrogen-bond donors (Lipinski definition) is 0. The van der Waals surface area contributed by atoms with Crippen molar-refractivity contribution in [2.45, 2.75) is 25.7 Å². The quantitative estimate of drug-likeness (QED) is 0.346. The van der Waals surface area contributed by atoms with E-state index in [0.717, 1.165) is 18.4 Å². The van der Waals surface area contributed by atoms with Crippen LogP contribution in [0.15, 0.2) is 71.1 Å². The van der Waals surface area contributed by atoms with Crippen molar-refractivity contribution in [3.05, 3.63) is 78.1 Å². The molecule has 0 aliphatic heterocycles. The van der Waals surface area contributed by atoms with E-state index in [2.05, 4.69) is 71.3 Å². The van der Waals surface area contributed by atoms with Gasteiger partial charge in [-0.15, -0.1) is 0 Å². The van der Waals surface area contributed by atoms with Gasteiger partial charge in [-0.05, 0) is 49.6 Å². The topological polar surface area (TPSA) is 18.1 Å². The summed E-state index contributed by atoms with van der Waals surface area (Å²) in [5.41, 5.74) is 6.20. The van der Waals surface area contributed by atoms with Gasteiger partial charge in [-0.3, -0.25) is 0 Å². The highest BCUT2D eigenvalue weighted by atomic mass is 16.3. The molecule has 3 aromatic carbocycles. The number of hydrogen-bond acceptors (Lipinski definition) is 1. The zero-order chi connectivity index (χ0) is 17.1. The van der Waals surface area contributed by atoms with Crippen LogP contribution in [0.3, 0.4) is 0 Å². The van der Waals surface area contributed by atoms with Gasteiger partial charge in [-0.1, -0.05) is 36.4 Å². The second kappa shape index (κ2) is 5.25. The summed E-state index contributed by atoms with van der Waals surface area (Å²) >= 11 is 0. The van der Waals surface area contributed by atoms with E-state index in [9.17, 15) is 0 Å². The highest BCUT2D eigenvalue weighted by Crippen LogP contribution is 2.41. The van der Waals surface area contributed by atoms with E-state index in [-0.39, 0.29) is 0 Å². The summed E-state index contributed by atoms with van der Waals surface area (Å²) in [6.45, 7) is 0. The molecule has 0 unspecified atom stereocenters. The number of aryl methyl sites for hydroxylation is 2. The number of aromatic nitrogens is 1. The van der Waals surface area contributed by atoms with Gasteiger partial charge in [0.15, 0.2) is 0 Å². The third-order valence-electron chi connectivity index (χ3n) is 5.77. The minimum Gasteiger partial charge on any atom is -0.461 e. The Morgan fingerprint density at radius 1 is 0.692 bits per heavy atom. The lowest BCUT2D eigenvalue weighted by Gasteiger charge is -2.09. The zero-order valence-corrected chi connectivity index (χ0v) is 14.5. The third kappa shape index (κ3) is 1.82. The summed E-state index contributed by atoms with van der Waals surface area (Å²) in [7, 11) is 0. The summed E-state index contributed by atoms with van der Waals surface area (Å²) in [6, 6.07) is 23.8. The fraction of sp³-hybridized carbons (Fsp3) is 0.167. The van der Waals surface area contributed by atoms with E-state index >= 15 is 0 Å². The number of furan rings is 1. The molecule has 0 saturated carbocycles. The number of fused-ring (bicyclic) bond motifs is 7. The Labute approximate surface area is 151 Å². The summed E-state index contributed by atoms with van der Waals surface area (Å²) in [4.78, 5) is 0. The Morgan fingerprint density at radius 3 is 2.42 bits per heavy atom. The largest absolute Gasteiger partial charge is 0.461 e. The molecule has 2 nitrogen and oxygen atoms in total. The van der Waals surface area contributed by atoms with E-state index in [1.54, 1.807) is 0 Å². The molecular formula is C24H19NO. The maximum atomic E-state index is 6.25. The van der Waals surface area contributed by atoms with E-state index in [1.165, 1.54) is 57.0 Å². The van der Waals surface area contributed by atoms with Crippen molar-refractivity contribution < 1.29 is 4.42 Å². The molecule has 1 aliphatic rings. The van der Waals surface area contributed by atoms with Crippen LogP contribution in [0.5, 0.6) is 0 Å². The van der Waals surface area contributed by atoms with Crippen molar-refractivity contribution in [3.63, 3.8) is 0 Å². The maximum absolute atomic E-state index is 6.25. The minimum atomic E-state index is 1.04. The molecule has 2 heterocycles. The first-order valence-electron chi connectivity index (χ1n) is 9.43. The molecule has 126 valence electrons. The third-order valence-corrected chi connectivity index (χ3v) is 5.77. The van der Waals surface area contributed by atoms with Gasteiger partial charge in [0.25, 0.3) is 0 Å². The van der Waals surface area contributed by atoms with Gasteiger partial charge in [0.1, 0.15) is 11.3 Å². The van der Waals surface area contributed by atoms with Gasteiger partial charge in [-0.25, -0.2) is 0 Å². The van der Waals surface area contributed by atoms with Crippen molar-refractivity contribution in [3.8, 4) is 5.69 Å². The molecule has 0 amide bonds. The average molecular weight is 337 g/mol. The van der Waals surface area contributed by atoms with Crippen LogP contribution in [0.25, 0.3) is 38.5 Å². The van der Waals surface area contributed by atoms with Crippen molar-refractivity contribution >= 4 is 32.8 Å². The molecule has 0 saturated heterocycles. The van der Waals surface area contributed by atoms with Gasteiger partial charge in [-0.2, -0.15) is 0 Å². The van der Waals surface area contributed by atoms with Crippen molar-refractivity contribution in [2.24, 2.45) is 0 Å². The normalized spacial score (nSPS) is 14.3. The standard InChI is InChI=1S/C24H19NO/c1-2-8-16(9-3-1)25-19-12-6-4-10-17(19)23-20(25)14-15-22-24(23)18-11-5-7-13-21(18)26-22/h1-4,6,8-10,12,14-15H,5,7,11,13H2. The Balaban J connectivity index is 1.85. The first-order chi connectivity index (χ1) is 12.9. The lowest BCUT2D eigenvalue weighted by atomic mass is 9.94. The minimum absolute atomic E-state index is 1.04. The molecule has 0 radical (unpaired) electrons. The molecule has 5 aromatic rings. The van der Waals surface area contributed by atoms with Crippen LogP contribution in [0.4, 0.5) is 0 Å². The number of para-hydroxylation sites is 2. The fourth-order valence-electron chi connectivity index (χ4n) is 4.67. The SMILES string of the molecule is c1ccc(-n2c3ccccc3c3c4c5c(oc4ccc32)CCCC5)cc1.